The summed E-state index contributed by atoms with van der Waals surface area (Å²) < 4.78 is 7.18. The smallest absolute Gasteiger partial charge is 0.324 e. The maximum atomic E-state index is 13.5. The Labute approximate surface area is 206 Å². The maximum absolute atomic E-state index is 13.5. The largest absolute Gasteiger partial charge is 0.373 e. The van der Waals surface area contributed by atoms with E-state index in [1.165, 1.54) is 48.8 Å². The second-order valence-corrected chi connectivity index (χ2v) is 12.7. The van der Waals surface area contributed by atoms with Crippen LogP contribution in [0.15, 0.2) is 10.4 Å². The molecule has 188 valence electrons. The fourth-order valence-corrected chi connectivity index (χ4v) is 6.83. The molecule has 0 bridgehead atoms. The highest BCUT2D eigenvalue weighted by atomic mass is 32.2. The van der Waals surface area contributed by atoms with Crippen LogP contribution in [0.5, 0.6) is 0 Å². The van der Waals surface area contributed by atoms with E-state index in [2.05, 4.69) is 36.0 Å². The van der Waals surface area contributed by atoms with Crippen LogP contribution in [0.2, 0.25) is 0 Å². The number of thiazole rings is 1. The summed E-state index contributed by atoms with van der Waals surface area (Å²) in [5.41, 5.74) is -0.133. The van der Waals surface area contributed by atoms with E-state index in [-0.39, 0.29) is 29.8 Å². The van der Waals surface area contributed by atoms with E-state index < -0.39 is 6.29 Å². The standard InChI is InChI=1S/C24H41N3O4S2/c1-24(2,3)31-19-12-10-18(11-13-19)27(17-8-6-4-5-7-9-17)23(30)26-22-25-16-21(33-22)32-15-14-20(28)29/h16-20,28-29H,4-15H2,1-3H3,(H,25,26,30)/t18-,19-. The first-order chi connectivity index (χ1) is 15.7. The Balaban J connectivity index is 1.63. The molecule has 2 amide bonds. The average Bonchev–Trinajstić information content (AvgIpc) is 3.00. The molecule has 33 heavy (non-hydrogen) atoms. The van der Waals surface area contributed by atoms with Crippen LogP contribution in [0.3, 0.4) is 0 Å². The first kappa shape index (κ1) is 26.7. The Bertz CT molecular complexity index is 722. The third kappa shape index (κ3) is 9.02. The van der Waals surface area contributed by atoms with Crippen molar-refractivity contribution in [2.75, 3.05) is 11.1 Å². The van der Waals surface area contributed by atoms with Gasteiger partial charge in [-0.25, -0.2) is 9.78 Å². The minimum atomic E-state index is -1.29. The fourth-order valence-electron chi connectivity index (χ4n) is 4.91. The van der Waals surface area contributed by atoms with Crippen LogP contribution in [-0.2, 0) is 4.74 Å². The van der Waals surface area contributed by atoms with Crippen molar-refractivity contribution in [3.8, 4) is 0 Å². The number of ether oxygens (including phenoxy) is 1. The Morgan fingerprint density at radius 2 is 1.79 bits per heavy atom. The summed E-state index contributed by atoms with van der Waals surface area (Å²) in [5.74, 6) is 0.599. The molecule has 2 aliphatic rings. The van der Waals surface area contributed by atoms with E-state index in [0.29, 0.717) is 17.3 Å². The molecule has 2 aliphatic carbocycles. The molecule has 0 spiro atoms. The van der Waals surface area contributed by atoms with Crippen LogP contribution in [-0.4, -0.2) is 62.0 Å². The van der Waals surface area contributed by atoms with E-state index >= 15 is 0 Å². The Kier molecular flexibility index (Phi) is 10.3. The first-order valence-corrected chi connectivity index (χ1v) is 14.2. The summed E-state index contributed by atoms with van der Waals surface area (Å²) in [6.45, 7) is 6.32. The number of thioether (sulfide) groups is 1. The van der Waals surface area contributed by atoms with E-state index in [1.807, 2.05) is 0 Å². The second kappa shape index (κ2) is 12.7. The molecule has 3 N–H and O–H groups in total. The van der Waals surface area contributed by atoms with Crippen molar-refractivity contribution in [3.05, 3.63) is 6.20 Å². The number of nitrogens with zero attached hydrogens (tertiary/aromatic N) is 2. The van der Waals surface area contributed by atoms with Gasteiger partial charge in [-0.15, -0.1) is 11.8 Å². The van der Waals surface area contributed by atoms with E-state index in [0.717, 1.165) is 42.7 Å². The molecular formula is C24H41N3O4S2. The monoisotopic (exact) mass is 499 g/mol. The number of aromatic nitrogens is 1. The van der Waals surface area contributed by atoms with Gasteiger partial charge >= 0.3 is 6.03 Å². The minimum absolute atomic E-state index is 0.0289. The van der Waals surface area contributed by atoms with Crippen molar-refractivity contribution < 1.29 is 19.7 Å². The number of carbonyl (C=O) groups excluding carboxylic acids is 1. The molecule has 3 rings (SSSR count). The van der Waals surface area contributed by atoms with Crippen molar-refractivity contribution in [3.63, 3.8) is 0 Å². The molecular weight excluding hydrogens is 458 g/mol. The van der Waals surface area contributed by atoms with Crippen molar-refractivity contribution in [1.29, 1.82) is 0 Å². The normalized spacial score (nSPS) is 22.8. The predicted molar refractivity (Wildman–Crippen MR) is 135 cm³/mol. The lowest BCUT2D eigenvalue weighted by atomic mass is 9.89. The summed E-state index contributed by atoms with van der Waals surface area (Å²) in [4.78, 5) is 20.1. The molecule has 0 aliphatic heterocycles. The Hall–Kier alpha value is -0.870. The third-order valence-corrected chi connectivity index (χ3v) is 8.47. The van der Waals surface area contributed by atoms with Crippen LogP contribution < -0.4 is 5.32 Å². The average molecular weight is 500 g/mol. The highest BCUT2D eigenvalue weighted by Gasteiger charge is 2.35. The number of hydrogen-bond acceptors (Lipinski definition) is 7. The fraction of sp³-hybridized carbons (Fsp3) is 0.833. The van der Waals surface area contributed by atoms with Gasteiger partial charge in [0.25, 0.3) is 0 Å². The summed E-state index contributed by atoms with van der Waals surface area (Å²) in [6, 6.07) is 0.504. The second-order valence-electron chi connectivity index (χ2n) is 10.2. The number of urea groups is 1. The van der Waals surface area contributed by atoms with Gasteiger partial charge in [0.1, 0.15) is 0 Å². The van der Waals surface area contributed by atoms with Gasteiger partial charge in [-0.3, -0.25) is 5.32 Å². The van der Waals surface area contributed by atoms with Crippen molar-refractivity contribution in [2.24, 2.45) is 0 Å². The number of anilines is 1. The quantitative estimate of drug-likeness (QED) is 0.244. The molecule has 0 unspecified atom stereocenters. The van der Waals surface area contributed by atoms with Gasteiger partial charge < -0.3 is 19.8 Å². The van der Waals surface area contributed by atoms with Gasteiger partial charge in [0.15, 0.2) is 11.4 Å². The molecule has 1 aromatic rings. The van der Waals surface area contributed by atoms with Crippen LogP contribution in [0.25, 0.3) is 0 Å². The third-order valence-electron chi connectivity index (χ3n) is 6.33. The van der Waals surface area contributed by atoms with Gasteiger partial charge in [0.2, 0.25) is 0 Å². The van der Waals surface area contributed by atoms with E-state index in [4.69, 9.17) is 14.9 Å². The molecule has 1 aromatic heterocycles. The predicted octanol–water partition coefficient (Wildman–Crippen LogP) is 5.62. The molecule has 0 saturated heterocycles. The van der Waals surface area contributed by atoms with Crippen LogP contribution in [0.4, 0.5) is 9.93 Å². The maximum Gasteiger partial charge on any atom is 0.324 e. The zero-order valence-corrected chi connectivity index (χ0v) is 21.9. The lowest BCUT2D eigenvalue weighted by Crippen LogP contribution is -2.51. The number of hydrogen-bond donors (Lipinski definition) is 3. The summed E-state index contributed by atoms with van der Waals surface area (Å²) in [5, 5.41) is 21.7. The van der Waals surface area contributed by atoms with Crippen molar-refractivity contribution in [2.45, 2.75) is 126 Å². The highest BCUT2D eigenvalue weighted by Crippen LogP contribution is 2.34. The molecule has 9 heteroatoms. The van der Waals surface area contributed by atoms with Gasteiger partial charge in [-0.05, 0) is 59.3 Å². The molecule has 0 atom stereocenters. The number of rotatable bonds is 8. The van der Waals surface area contributed by atoms with Crippen molar-refractivity contribution >= 4 is 34.3 Å². The molecule has 0 radical (unpaired) electrons. The highest BCUT2D eigenvalue weighted by molar-refractivity contribution is 8.01. The Morgan fingerprint density at radius 3 is 2.39 bits per heavy atom. The van der Waals surface area contributed by atoms with Crippen LogP contribution in [0, 0.1) is 0 Å². The Morgan fingerprint density at radius 1 is 1.15 bits per heavy atom. The lowest BCUT2D eigenvalue weighted by molar-refractivity contribution is -0.0807. The zero-order chi connectivity index (χ0) is 23.8. The molecule has 2 saturated carbocycles. The lowest BCUT2D eigenvalue weighted by Gasteiger charge is -2.42. The summed E-state index contributed by atoms with van der Waals surface area (Å²) in [7, 11) is 0. The molecule has 2 fully saturated rings. The summed E-state index contributed by atoms with van der Waals surface area (Å²) >= 11 is 2.97. The van der Waals surface area contributed by atoms with Gasteiger partial charge in [-0.1, -0.05) is 37.0 Å². The number of nitrogens with one attached hydrogen (secondary N) is 1. The summed E-state index contributed by atoms with van der Waals surface area (Å²) in [6.07, 6.45) is 12.0. The van der Waals surface area contributed by atoms with E-state index in [1.54, 1.807) is 6.20 Å². The SMILES string of the molecule is CC(C)(C)O[C@H]1CC[C@H](N(C(=O)Nc2ncc(SCCC(O)O)s2)C2CCCCCC2)CC1. The number of aliphatic hydroxyl groups excluding tert-OH is 1. The molecule has 7 nitrogen and oxygen atoms in total. The first-order valence-electron chi connectivity index (χ1n) is 12.4. The van der Waals surface area contributed by atoms with Crippen LogP contribution in [0.1, 0.15) is 91.4 Å². The van der Waals surface area contributed by atoms with Crippen LogP contribution >= 0.6 is 23.1 Å². The van der Waals surface area contributed by atoms with E-state index in [9.17, 15) is 4.79 Å². The molecule has 1 heterocycles. The van der Waals surface area contributed by atoms with Gasteiger partial charge in [-0.2, -0.15) is 0 Å². The zero-order valence-electron chi connectivity index (χ0n) is 20.3. The van der Waals surface area contributed by atoms with Crippen molar-refractivity contribution in [1.82, 2.24) is 9.88 Å². The minimum Gasteiger partial charge on any atom is -0.373 e. The molecule has 0 aromatic carbocycles. The number of carbonyl (C=O) groups is 1. The number of amides is 2. The topological polar surface area (TPSA) is 94.9 Å². The van der Waals surface area contributed by atoms with Gasteiger partial charge in [0, 0.05) is 24.3 Å². The van der Waals surface area contributed by atoms with Gasteiger partial charge in [0.05, 0.1) is 22.1 Å². The number of aliphatic hydroxyl groups is 2.